The van der Waals surface area contributed by atoms with Gasteiger partial charge in [-0.3, -0.25) is 19.3 Å². The van der Waals surface area contributed by atoms with Crippen molar-refractivity contribution in [2.24, 2.45) is 0 Å². The van der Waals surface area contributed by atoms with Crippen molar-refractivity contribution in [3.8, 4) is 0 Å². The average Bonchev–Trinajstić information content (AvgIpc) is 2.82. The maximum Gasteiger partial charge on any atom is 0.248 e. The van der Waals surface area contributed by atoms with E-state index in [4.69, 9.17) is 0 Å². The quantitative estimate of drug-likeness (QED) is 0.443. The maximum absolute atomic E-state index is 13.7. The summed E-state index contributed by atoms with van der Waals surface area (Å²) in [7, 11) is 0. The molecule has 3 aromatic carbocycles. The van der Waals surface area contributed by atoms with Crippen molar-refractivity contribution in [2.75, 3.05) is 10.2 Å². The molecule has 3 aromatic rings. The van der Waals surface area contributed by atoms with Crippen molar-refractivity contribution in [2.45, 2.75) is 45.2 Å². The Morgan fingerprint density at radius 3 is 1.92 bits per heavy atom. The summed E-state index contributed by atoms with van der Waals surface area (Å²) >= 11 is 0. The first-order valence-corrected chi connectivity index (χ1v) is 11.5. The van der Waals surface area contributed by atoms with E-state index < -0.39 is 40.9 Å². The molecule has 0 saturated heterocycles. The number of halogens is 2. The molecule has 36 heavy (non-hydrogen) atoms. The van der Waals surface area contributed by atoms with E-state index in [2.05, 4.69) is 10.6 Å². The summed E-state index contributed by atoms with van der Waals surface area (Å²) in [4.78, 5) is 40.8. The second kappa shape index (κ2) is 11.6. The number of benzene rings is 3. The number of nitrogens with one attached hydrogen (secondary N) is 2. The van der Waals surface area contributed by atoms with Crippen molar-refractivity contribution < 1.29 is 23.2 Å². The van der Waals surface area contributed by atoms with Gasteiger partial charge in [-0.05, 0) is 74.9 Å². The monoisotopic (exact) mass is 493 g/mol. The Bertz CT molecular complexity index is 1190. The number of hydrogen-bond acceptors (Lipinski definition) is 3. The number of carbonyl (C=O) groups excluding carboxylic acids is 3. The molecule has 0 aliphatic carbocycles. The molecule has 0 aliphatic rings. The third-order valence-electron chi connectivity index (χ3n) is 5.19. The summed E-state index contributed by atoms with van der Waals surface area (Å²) in [5, 5.41) is 5.54. The first-order chi connectivity index (χ1) is 17.0. The summed E-state index contributed by atoms with van der Waals surface area (Å²) in [6.07, 6.45) is -0.382. The van der Waals surface area contributed by atoms with Crippen LogP contribution in [0.1, 0.15) is 45.2 Å². The molecule has 0 fully saturated rings. The largest absolute Gasteiger partial charge is 0.349 e. The van der Waals surface area contributed by atoms with Crippen molar-refractivity contribution in [1.29, 1.82) is 0 Å². The smallest absolute Gasteiger partial charge is 0.248 e. The van der Waals surface area contributed by atoms with Crippen molar-refractivity contribution in [3.05, 3.63) is 96.1 Å². The Balaban J connectivity index is 1.90. The van der Waals surface area contributed by atoms with Crippen LogP contribution in [0.4, 0.5) is 20.2 Å². The summed E-state index contributed by atoms with van der Waals surface area (Å²) in [6, 6.07) is 18.3. The van der Waals surface area contributed by atoms with Crippen LogP contribution in [-0.4, -0.2) is 23.3 Å². The van der Waals surface area contributed by atoms with Crippen LogP contribution >= 0.6 is 0 Å². The molecule has 2 N–H and O–H groups in total. The molecule has 8 heteroatoms. The van der Waals surface area contributed by atoms with Gasteiger partial charge in [0.15, 0.2) is 0 Å². The topological polar surface area (TPSA) is 78.5 Å². The number of hydrogen-bond donors (Lipinski definition) is 2. The van der Waals surface area contributed by atoms with E-state index in [9.17, 15) is 23.2 Å². The van der Waals surface area contributed by atoms with Crippen molar-refractivity contribution in [3.63, 3.8) is 0 Å². The van der Waals surface area contributed by atoms with Gasteiger partial charge in [0.25, 0.3) is 0 Å². The molecule has 0 radical (unpaired) electrons. The Hall–Kier alpha value is -4.07. The first-order valence-electron chi connectivity index (χ1n) is 11.5. The second-order valence-corrected chi connectivity index (χ2v) is 9.35. The third-order valence-corrected chi connectivity index (χ3v) is 5.19. The summed E-state index contributed by atoms with van der Waals surface area (Å²) in [5.41, 5.74) is 0.707. The van der Waals surface area contributed by atoms with Crippen LogP contribution in [0.15, 0.2) is 78.9 Å². The zero-order valence-electron chi connectivity index (χ0n) is 20.4. The van der Waals surface area contributed by atoms with E-state index in [1.54, 1.807) is 30.3 Å². The Labute approximate surface area is 209 Å². The minimum atomic E-state index is -1.05. The third kappa shape index (κ3) is 7.46. The lowest BCUT2D eigenvalue weighted by Gasteiger charge is -2.34. The molecule has 0 aliphatic heterocycles. The van der Waals surface area contributed by atoms with Gasteiger partial charge in [0.1, 0.15) is 17.7 Å². The highest BCUT2D eigenvalue weighted by Gasteiger charge is 2.34. The SMILES string of the molecule is CC(C)(C)NC(=O)C(c1ccccc1)N(C(=O)CCC(=O)Nc1ccc(F)cc1)c1ccc(F)cc1. The molecule has 0 spiro atoms. The van der Waals surface area contributed by atoms with Crippen LogP contribution < -0.4 is 15.5 Å². The standard InChI is InChI=1S/C28H29F2N3O3/c1-28(2,3)32-27(36)26(19-7-5-4-6-8-19)33(23-15-11-21(30)12-16-23)25(35)18-17-24(34)31-22-13-9-20(29)10-14-22/h4-16,26H,17-18H2,1-3H3,(H,31,34)(H,32,36). The van der Waals surface area contributed by atoms with Gasteiger partial charge in [-0.2, -0.15) is 0 Å². The minimum absolute atomic E-state index is 0.170. The van der Waals surface area contributed by atoms with E-state index in [1.165, 1.54) is 53.4 Å². The van der Waals surface area contributed by atoms with Gasteiger partial charge >= 0.3 is 0 Å². The predicted octanol–water partition coefficient (Wildman–Crippen LogP) is 5.37. The van der Waals surface area contributed by atoms with Gasteiger partial charge in [-0.25, -0.2) is 8.78 Å². The van der Waals surface area contributed by atoms with Crippen LogP contribution in [-0.2, 0) is 14.4 Å². The molecule has 0 aromatic heterocycles. The Kier molecular flexibility index (Phi) is 8.53. The van der Waals surface area contributed by atoms with Gasteiger partial charge in [-0.1, -0.05) is 30.3 Å². The van der Waals surface area contributed by atoms with Crippen LogP contribution in [0.2, 0.25) is 0 Å². The molecule has 0 heterocycles. The van der Waals surface area contributed by atoms with Crippen molar-refractivity contribution >= 4 is 29.1 Å². The van der Waals surface area contributed by atoms with Gasteiger partial charge < -0.3 is 10.6 Å². The molecule has 3 rings (SSSR count). The molecule has 1 atom stereocenters. The van der Waals surface area contributed by atoms with Gasteiger partial charge in [0, 0.05) is 29.8 Å². The zero-order chi connectivity index (χ0) is 26.3. The fourth-order valence-corrected chi connectivity index (χ4v) is 3.63. The molecular formula is C28H29F2N3O3. The highest BCUT2D eigenvalue weighted by atomic mass is 19.1. The lowest BCUT2D eigenvalue weighted by atomic mass is 10.00. The van der Waals surface area contributed by atoms with Crippen LogP contribution in [0.3, 0.4) is 0 Å². The van der Waals surface area contributed by atoms with Gasteiger partial charge in [-0.15, -0.1) is 0 Å². The maximum atomic E-state index is 13.7. The fourth-order valence-electron chi connectivity index (χ4n) is 3.63. The number of rotatable bonds is 8. The molecule has 1 unspecified atom stereocenters. The molecule has 6 nitrogen and oxygen atoms in total. The highest BCUT2D eigenvalue weighted by Crippen LogP contribution is 2.30. The molecule has 3 amide bonds. The molecule has 0 saturated carbocycles. The summed E-state index contributed by atoms with van der Waals surface area (Å²) < 4.78 is 26.8. The van der Waals surface area contributed by atoms with Crippen LogP contribution in [0, 0.1) is 11.6 Å². The van der Waals surface area contributed by atoms with Gasteiger partial charge in [0.2, 0.25) is 17.7 Å². The lowest BCUT2D eigenvalue weighted by Crippen LogP contribution is -2.49. The Morgan fingerprint density at radius 1 is 0.806 bits per heavy atom. The number of amides is 3. The van der Waals surface area contributed by atoms with Gasteiger partial charge in [0.05, 0.1) is 0 Å². The average molecular weight is 494 g/mol. The number of anilines is 2. The first kappa shape index (κ1) is 26.5. The number of nitrogens with zero attached hydrogens (tertiary/aromatic N) is 1. The van der Waals surface area contributed by atoms with E-state index in [0.717, 1.165) is 0 Å². The van der Waals surface area contributed by atoms with E-state index >= 15 is 0 Å². The van der Waals surface area contributed by atoms with Crippen LogP contribution in [0.5, 0.6) is 0 Å². The van der Waals surface area contributed by atoms with E-state index in [1.807, 2.05) is 20.8 Å². The molecule has 0 bridgehead atoms. The normalized spacial score (nSPS) is 11.9. The summed E-state index contributed by atoms with van der Waals surface area (Å²) in [6.45, 7) is 5.49. The summed E-state index contributed by atoms with van der Waals surface area (Å²) in [5.74, 6) is -2.26. The fraction of sp³-hybridized carbons (Fsp3) is 0.250. The molecule has 188 valence electrons. The number of carbonyl (C=O) groups is 3. The minimum Gasteiger partial charge on any atom is -0.349 e. The van der Waals surface area contributed by atoms with E-state index in [0.29, 0.717) is 16.9 Å². The lowest BCUT2D eigenvalue weighted by molar-refractivity contribution is -0.128. The molecular weight excluding hydrogens is 464 g/mol. The predicted molar refractivity (Wildman–Crippen MR) is 135 cm³/mol. The Morgan fingerprint density at radius 2 is 1.36 bits per heavy atom. The van der Waals surface area contributed by atoms with E-state index in [-0.39, 0.29) is 12.8 Å². The van der Waals surface area contributed by atoms with Crippen molar-refractivity contribution in [1.82, 2.24) is 5.32 Å². The second-order valence-electron chi connectivity index (χ2n) is 9.35. The highest BCUT2D eigenvalue weighted by molar-refractivity contribution is 6.03. The van der Waals surface area contributed by atoms with Crippen LogP contribution in [0.25, 0.3) is 0 Å². The zero-order valence-corrected chi connectivity index (χ0v) is 20.4.